The van der Waals surface area contributed by atoms with Gasteiger partial charge in [-0.1, -0.05) is 18.6 Å². The Morgan fingerprint density at radius 1 is 1.13 bits per heavy atom. The van der Waals surface area contributed by atoms with Crippen molar-refractivity contribution in [2.75, 3.05) is 0 Å². The van der Waals surface area contributed by atoms with Crippen LogP contribution >= 0.6 is 0 Å². The molecule has 3 fully saturated rings. The lowest BCUT2D eigenvalue weighted by Crippen LogP contribution is -2.48. The van der Waals surface area contributed by atoms with Crippen molar-refractivity contribution in [1.29, 1.82) is 0 Å². The molecule has 0 aliphatic heterocycles. The quantitative estimate of drug-likeness (QED) is 0.653. The Balaban J connectivity index is 2.13. The lowest BCUT2D eigenvalue weighted by molar-refractivity contribution is -0.0619. The van der Waals surface area contributed by atoms with Gasteiger partial charge in [-0.3, -0.25) is 0 Å². The van der Waals surface area contributed by atoms with Gasteiger partial charge < -0.3 is 5.11 Å². The molecule has 0 saturated heterocycles. The molecule has 3 aliphatic rings. The number of hydrogen-bond donors (Lipinski definition) is 1. The minimum Gasteiger partial charge on any atom is -0.389 e. The summed E-state index contributed by atoms with van der Waals surface area (Å²) in [6.45, 7) is 6.40. The van der Waals surface area contributed by atoms with Crippen LogP contribution in [0.1, 0.15) is 51.9 Å². The van der Waals surface area contributed by atoms with Crippen molar-refractivity contribution >= 4 is 0 Å². The zero-order valence-electron chi connectivity index (χ0n) is 9.76. The maximum absolute atomic E-state index is 10.9. The van der Waals surface area contributed by atoms with Crippen molar-refractivity contribution in [3.05, 3.63) is 12.2 Å². The minimum absolute atomic E-state index is 0.116. The maximum Gasteiger partial charge on any atom is 0.0746 e. The van der Waals surface area contributed by atoms with Crippen LogP contribution < -0.4 is 0 Å². The van der Waals surface area contributed by atoms with Crippen molar-refractivity contribution in [3.63, 3.8) is 0 Å². The zero-order chi connectivity index (χ0) is 10.7. The monoisotopic (exact) mass is 206 g/mol. The van der Waals surface area contributed by atoms with Gasteiger partial charge in [0.2, 0.25) is 0 Å². The lowest BCUT2D eigenvalue weighted by atomic mass is 9.57. The highest BCUT2D eigenvalue weighted by atomic mass is 16.3. The molecule has 0 radical (unpaired) electrons. The molecule has 4 atom stereocenters. The molecular weight excluding hydrogens is 184 g/mol. The van der Waals surface area contributed by atoms with E-state index in [1.807, 2.05) is 0 Å². The van der Waals surface area contributed by atoms with Gasteiger partial charge in [0.25, 0.3) is 0 Å². The van der Waals surface area contributed by atoms with Crippen LogP contribution in [0.25, 0.3) is 0 Å². The van der Waals surface area contributed by atoms with Gasteiger partial charge in [0.05, 0.1) is 5.60 Å². The Kier molecular flexibility index (Phi) is 1.90. The summed E-state index contributed by atoms with van der Waals surface area (Å²) in [6, 6.07) is 0. The summed E-state index contributed by atoms with van der Waals surface area (Å²) >= 11 is 0. The Morgan fingerprint density at radius 2 is 1.67 bits per heavy atom. The SMILES string of the molecule is C=C(C)C12[C@@H]3CCC[C@H]1CCC2(O)CC3. The predicted octanol–water partition coefficient (Wildman–Crippen LogP) is 3.28. The van der Waals surface area contributed by atoms with E-state index in [2.05, 4.69) is 13.5 Å². The number of rotatable bonds is 1. The second-order valence-corrected chi connectivity index (χ2v) is 6.08. The summed E-state index contributed by atoms with van der Waals surface area (Å²) in [4.78, 5) is 0. The van der Waals surface area contributed by atoms with E-state index < -0.39 is 0 Å². The Bertz CT molecular complexity index is 288. The molecule has 1 nitrogen and oxygen atoms in total. The molecule has 3 saturated carbocycles. The van der Waals surface area contributed by atoms with Crippen molar-refractivity contribution < 1.29 is 5.11 Å². The Hall–Kier alpha value is -0.300. The van der Waals surface area contributed by atoms with E-state index in [1.54, 1.807) is 0 Å². The maximum atomic E-state index is 10.9. The second kappa shape index (κ2) is 2.88. The molecule has 0 bridgehead atoms. The molecule has 3 aliphatic carbocycles. The van der Waals surface area contributed by atoms with Gasteiger partial charge in [-0.05, 0) is 57.3 Å². The van der Waals surface area contributed by atoms with Crippen molar-refractivity contribution in [2.45, 2.75) is 57.5 Å². The Labute approximate surface area is 92.6 Å². The largest absolute Gasteiger partial charge is 0.389 e. The second-order valence-electron chi connectivity index (χ2n) is 6.08. The van der Waals surface area contributed by atoms with E-state index in [9.17, 15) is 5.11 Å². The topological polar surface area (TPSA) is 20.2 Å². The van der Waals surface area contributed by atoms with Crippen molar-refractivity contribution in [2.24, 2.45) is 17.3 Å². The average Bonchev–Trinajstić information content (AvgIpc) is 2.67. The first kappa shape index (κ1) is 9.89. The van der Waals surface area contributed by atoms with Crippen LogP contribution in [0.4, 0.5) is 0 Å². The highest BCUT2D eigenvalue weighted by Crippen LogP contribution is 2.69. The third kappa shape index (κ3) is 0.939. The number of aliphatic hydroxyl groups is 1. The summed E-state index contributed by atoms with van der Waals surface area (Å²) < 4.78 is 0. The molecule has 0 aromatic carbocycles. The van der Waals surface area contributed by atoms with Crippen LogP contribution in [0, 0.1) is 17.3 Å². The van der Waals surface area contributed by atoms with Crippen molar-refractivity contribution in [3.8, 4) is 0 Å². The fourth-order valence-corrected chi connectivity index (χ4v) is 5.36. The molecule has 0 amide bonds. The molecule has 0 spiro atoms. The third-order valence-corrected chi connectivity index (χ3v) is 5.68. The van der Waals surface area contributed by atoms with Gasteiger partial charge in [-0.25, -0.2) is 0 Å². The minimum atomic E-state index is -0.380. The molecule has 0 aromatic heterocycles. The van der Waals surface area contributed by atoms with Gasteiger partial charge in [0.15, 0.2) is 0 Å². The molecule has 3 rings (SSSR count). The fourth-order valence-electron chi connectivity index (χ4n) is 5.36. The van der Waals surface area contributed by atoms with Gasteiger partial charge in [0, 0.05) is 5.41 Å². The van der Waals surface area contributed by atoms with Gasteiger partial charge in [-0.2, -0.15) is 0 Å². The first-order chi connectivity index (χ1) is 7.11. The summed E-state index contributed by atoms with van der Waals surface area (Å²) in [7, 11) is 0. The zero-order valence-corrected chi connectivity index (χ0v) is 9.76. The van der Waals surface area contributed by atoms with Crippen LogP contribution in [0.5, 0.6) is 0 Å². The van der Waals surface area contributed by atoms with E-state index in [0.717, 1.165) is 24.7 Å². The van der Waals surface area contributed by atoms with E-state index in [-0.39, 0.29) is 11.0 Å². The highest BCUT2D eigenvalue weighted by Gasteiger charge is 2.67. The van der Waals surface area contributed by atoms with Crippen LogP contribution in [-0.4, -0.2) is 10.7 Å². The molecular formula is C14H22O. The standard InChI is InChI=1S/C14H22O/c1-10(2)14-11-4-3-5-12(14)7-9-13(14,15)8-6-11/h11-12,15H,1,3-9H2,2H3/t11-,12+,13?,14?. The van der Waals surface area contributed by atoms with Crippen LogP contribution in [0.15, 0.2) is 12.2 Å². The average molecular weight is 206 g/mol. The van der Waals surface area contributed by atoms with E-state index in [1.165, 1.54) is 37.7 Å². The van der Waals surface area contributed by atoms with Crippen LogP contribution in [0.2, 0.25) is 0 Å². The fraction of sp³-hybridized carbons (Fsp3) is 0.857. The third-order valence-electron chi connectivity index (χ3n) is 5.68. The van der Waals surface area contributed by atoms with E-state index >= 15 is 0 Å². The summed E-state index contributed by atoms with van der Waals surface area (Å²) in [5.41, 5.74) is 1.01. The molecule has 1 N–H and O–H groups in total. The summed E-state index contributed by atoms with van der Waals surface area (Å²) in [6.07, 6.45) is 8.56. The van der Waals surface area contributed by atoms with Gasteiger partial charge >= 0.3 is 0 Å². The van der Waals surface area contributed by atoms with Gasteiger partial charge in [-0.15, -0.1) is 0 Å². The molecule has 0 heterocycles. The lowest BCUT2D eigenvalue weighted by Gasteiger charge is -2.49. The Morgan fingerprint density at radius 3 is 2.13 bits per heavy atom. The molecule has 0 aromatic rings. The van der Waals surface area contributed by atoms with Crippen LogP contribution in [0.3, 0.4) is 0 Å². The van der Waals surface area contributed by atoms with E-state index in [0.29, 0.717) is 0 Å². The first-order valence-corrected chi connectivity index (χ1v) is 6.49. The first-order valence-electron chi connectivity index (χ1n) is 6.49. The molecule has 15 heavy (non-hydrogen) atoms. The van der Waals surface area contributed by atoms with E-state index in [4.69, 9.17) is 0 Å². The molecule has 1 heteroatoms. The van der Waals surface area contributed by atoms with Crippen LogP contribution in [-0.2, 0) is 0 Å². The van der Waals surface area contributed by atoms with Crippen molar-refractivity contribution in [1.82, 2.24) is 0 Å². The summed E-state index contributed by atoms with van der Waals surface area (Å²) in [5.74, 6) is 1.47. The predicted molar refractivity (Wildman–Crippen MR) is 61.5 cm³/mol. The smallest absolute Gasteiger partial charge is 0.0746 e. The molecule has 2 unspecified atom stereocenters. The summed E-state index contributed by atoms with van der Waals surface area (Å²) in [5, 5.41) is 10.9. The normalized spacial score (nSPS) is 52.9. The van der Waals surface area contributed by atoms with Gasteiger partial charge in [0.1, 0.15) is 0 Å². The highest BCUT2D eigenvalue weighted by molar-refractivity contribution is 5.28. The number of hydrogen-bond acceptors (Lipinski definition) is 1. The molecule has 84 valence electrons.